The fraction of sp³-hybridized carbons (Fsp3) is 0.987. The molecule has 2 fully saturated rings. The van der Waals surface area contributed by atoms with Gasteiger partial charge in [-0.1, -0.05) is 361 Å². The van der Waals surface area contributed by atoms with E-state index in [0.717, 1.165) is 51.4 Å². The lowest BCUT2D eigenvalue weighted by Gasteiger charge is -2.46. The molecule has 0 aromatic heterocycles. The predicted molar refractivity (Wildman–Crippen MR) is 365 cm³/mol. The summed E-state index contributed by atoms with van der Waals surface area (Å²) in [7, 11) is 0. The molecule has 14 heteroatoms. The van der Waals surface area contributed by atoms with Crippen molar-refractivity contribution in [2.75, 3.05) is 19.8 Å². The van der Waals surface area contributed by atoms with Crippen LogP contribution in [0.25, 0.3) is 0 Å². The summed E-state index contributed by atoms with van der Waals surface area (Å²) in [5.41, 5.74) is 0. The molecule has 0 aromatic rings. The molecule has 0 radical (unpaired) electrons. The van der Waals surface area contributed by atoms with Gasteiger partial charge in [-0.3, -0.25) is 4.79 Å². The van der Waals surface area contributed by atoms with Crippen molar-refractivity contribution < 1.29 is 64.6 Å². The second kappa shape index (κ2) is 60.6. The number of hydrogen-bond acceptors (Lipinski definition) is 13. The summed E-state index contributed by atoms with van der Waals surface area (Å²) in [6.45, 7) is 2.92. The number of ether oxygens (including phenoxy) is 4. The van der Waals surface area contributed by atoms with Crippen LogP contribution in [0.1, 0.15) is 380 Å². The van der Waals surface area contributed by atoms with Gasteiger partial charge in [0.25, 0.3) is 0 Å². The molecule has 2 aliphatic heterocycles. The monoisotopic (exact) mass is 1270 g/mol. The van der Waals surface area contributed by atoms with E-state index in [4.69, 9.17) is 18.9 Å². The maximum atomic E-state index is 13.3. The van der Waals surface area contributed by atoms with Crippen LogP contribution < -0.4 is 5.32 Å². The minimum atomic E-state index is -1.78. The number of carbonyl (C=O) groups excluding carboxylic acids is 1. The molecule has 2 heterocycles. The summed E-state index contributed by atoms with van der Waals surface area (Å²) in [6, 6.07) is -0.824. The van der Waals surface area contributed by atoms with Crippen molar-refractivity contribution in [1.82, 2.24) is 5.32 Å². The highest BCUT2D eigenvalue weighted by Crippen LogP contribution is 2.30. The molecule has 2 saturated heterocycles. The molecule has 0 saturated carbocycles. The molecule has 0 aliphatic carbocycles. The zero-order chi connectivity index (χ0) is 64.5. The van der Waals surface area contributed by atoms with Gasteiger partial charge in [-0.05, 0) is 12.8 Å². The second-order valence-corrected chi connectivity index (χ2v) is 27.9. The van der Waals surface area contributed by atoms with Crippen molar-refractivity contribution in [3.63, 3.8) is 0 Å². The number of amides is 1. The molecule has 0 aromatic carbocycles. The lowest BCUT2D eigenvalue weighted by molar-refractivity contribution is -0.359. The lowest BCUT2D eigenvalue weighted by Crippen LogP contribution is -2.65. The number of rotatable bonds is 66. The zero-order valence-electron chi connectivity index (χ0n) is 58.0. The van der Waals surface area contributed by atoms with Gasteiger partial charge in [-0.25, -0.2) is 0 Å². The largest absolute Gasteiger partial charge is 0.394 e. The lowest BCUT2D eigenvalue weighted by atomic mass is 9.97. The molecule has 2 rings (SSSR count). The fourth-order valence-corrected chi connectivity index (χ4v) is 13.4. The average molecular weight is 1270 g/mol. The second-order valence-electron chi connectivity index (χ2n) is 27.9. The molecule has 0 bridgehead atoms. The molecule has 2 aliphatic rings. The minimum absolute atomic E-state index is 0.197. The molecular weight excluding hydrogens is 1120 g/mol. The third-order valence-electron chi connectivity index (χ3n) is 19.6. The molecule has 14 nitrogen and oxygen atoms in total. The highest BCUT2D eigenvalue weighted by atomic mass is 16.7. The van der Waals surface area contributed by atoms with Gasteiger partial charge >= 0.3 is 0 Å². The summed E-state index contributed by atoms with van der Waals surface area (Å²) in [5, 5.41) is 87.5. The van der Waals surface area contributed by atoms with Gasteiger partial charge in [0.1, 0.15) is 48.8 Å². The van der Waals surface area contributed by atoms with E-state index in [2.05, 4.69) is 19.2 Å². The number of aliphatic hydroxyl groups excluding tert-OH is 8. The third-order valence-corrected chi connectivity index (χ3v) is 19.6. The minimum Gasteiger partial charge on any atom is -0.394 e. The highest BCUT2D eigenvalue weighted by Gasteiger charge is 2.51. The molecule has 0 spiro atoms. The molecule has 530 valence electrons. The summed E-state index contributed by atoms with van der Waals surface area (Å²) in [5.74, 6) is -0.197. The van der Waals surface area contributed by atoms with Crippen LogP contribution >= 0.6 is 0 Å². The quantitative estimate of drug-likeness (QED) is 0.0259. The zero-order valence-corrected chi connectivity index (χ0v) is 58.0. The van der Waals surface area contributed by atoms with E-state index in [1.54, 1.807) is 0 Å². The Morgan fingerprint density at radius 1 is 0.360 bits per heavy atom. The molecular formula is C75H147NO13. The van der Waals surface area contributed by atoms with Crippen molar-refractivity contribution >= 4 is 5.91 Å². The number of unbranched alkanes of at least 4 members (excludes halogenated alkanes) is 53. The van der Waals surface area contributed by atoms with E-state index in [1.165, 1.54) is 302 Å². The average Bonchev–Trinajstić information content (AvgIpc) is 2.74. The first-order valence-corrected chi connectivity index (χ1v) is 38.8. The Balaban J connectivity index is 1.50. The number of aliphatic hydroxyl groups is 8. The van der Waals surface area contributed by atoms with Gasteiger partial charge in [0, 0.05) is 6.42 Å². The van der Waals surface area contributed by atoms with Crippen LogP contribution in [0.5, 0.6) is 0 Å². The van der Waals surface area contributed by atoms with Crippen LogP contribution in [0.2, 0.25) is 0 Å². The molecule has 89 heavy (non-hydrogen) atoms. The third kappa shape index (κ3) is 44.4. The van der Waals surface area contributed by atoms with Gasteiger partial charge in [0.2, 0.25) is 5.91 Å². The normalized spacial score (nSPS) is 22.9. The van der Waals surface area contributed by atoms with Gasteiger partial charge in [0.05, 0.1) is 32.0 Å². The standard InChI is InChI=1S/C75H147NO13/c1-3-5-7-9-11-13-15-17-19-20-21-22-23-24-25-26-27-28-29-30-31-32-33-34-35-36-37-38-39-40-41-42-43-44-45-47-49-51-53-55-57-59-67(80)76-63(64(79)58-56-54-52-50-48-46-18-16-14-12-10-8-6-4-2)62-86-74-72(85)70(83)73(66(61-78)88-74)89-75-71(84)69(82)68(81)65(60-77)87-75/h63-66,68-75,77-79,81-85H,3-62H2,1-2H3,(H,76,80). The van der Waals surface area contributed by atoms with Crippen LogP contribution in [0.4, 0.5) is 0 Å². The number of nitrogens with one attached hydrogen (secondary N) is 1. The maximum absolute atomic E-state index is 13.3. The van der Waals surface area contributed by atoms with Crippen LogP contribution in [0.15, 0.2) is 0 Å². The summed E-state index contributed by atoms with van der Waals surface area (Å²) >= 11 is 0. The van der Waals surface area contributed by atoms with Crippen LogP contribution in [0, 0.1) is 0 Å². The maximum Gasteiger partial charge on any atom is 0.220 e. The number of hydrogen-bond donors (Lipinski definition) is 9. The first-order chi connectivity index (χ1) is 43.6. The van der Waals surface area contributed by atoms with E-state index >= 15 is 0 Å². The Hall–Kier alpha value is -1.01. The Morgan fingerprint density at radius 2 is 0.640 bits per heavy atom. The topological polar surface area (TPSA) is 228 Å². The van der Waals surface area contributed by atoms with Gasteiger partial charge < -0.3 is 65.1 Å². The van der Waals surface area contributed by atoms with Crippen LogP contribution in [-0.4, -0.2) is 140 Å². The van der Waals surface area contributed by atoms with Crippen molar-refractivity contribution in [2.24, 2.45) is 0 Å². The van der Waals surface area contributed by atoms with Crippen molar-refractivity contribution in [2.45, 2.75) is 453 Å². The van der Waals surface area contributed by atoms with Gasteiger partial charge in [0.15, 0.2) is 12.6 Å². The molecule has 1 amide bonds. The molecule has 12 unspecified atom stereocenters. The number of carbonyl (C=O) groups is 1. The Labute approximate surface area is 546 Å². The van der Waals surface area contributed by atoms with Crippen molar-refractivity contribution in [1.29, 1.82) is 0 Å². The summed E-state index contributed by atoms with van der Waals surface area (Å²) < 4.78 is 22.9. The van der Waals surface area contributed by atoms with Crippen LogP contribution in [-0.2, 0) is 23.7 Å². The molecule has 12 atom stereocenters. The van der Waals surface area contributed by atoms with E-state index < -0.39 is 86.8 Å². The SMILES string of the molecule is CCCCCCCCCCCCCCCCCCCCCCCCCCCCCCCCCCCCCCCCCCCC(=O)NC(COC1OC(CO)C(OC2OC(CO)C(O)C(O)C2O)C(O)C1O)C(O)CCCCCCCCCCCCCCCC. The smallest absolute Gasteiger partial charge is 0.220 e. The van der Waals surface area contributed by atoms with Crippen LogP contribution in [0.3, 0.4) is 0 Å². The van der Waals surface area contributed by atoms with Crippen molar-refractivity contribution in [3.8, 4) is 0 Å². The highest BCUT2D eigenvalue weighted by molar-refractivity contribution is 5.76. The van der Waals surface area contributed by atoms with Gasteiger partial charge in [-0.2, -0.15) is 0 Å². The molecule has 9 N–H and O–H groups in total. The van der Waals surface area contributed by atoms with E-state index in [0.29, 0.717) is 12.8 Å². The summed E-state index contributed by atoms with van der Waals surface area (Å²) in [6.07, 6.45) is 57.5. The van der Waals surface area contributed by atoms with E-state index in [-0.39, 0.29) is 12.5 Å². The van der Waals surface area contributed by atoms with Gasteiger partial charge in [-0.15, -0.1) is 0 Å². The Kier molecular flexibility index (Phi) is 57.3. The fourth-order valence-electron chi connectivity index (χ4n) is 13.4. The Bertz CT molecular complexity index is 1500. The Morgan fingerprint density at radius 3 is 0.955 bits per heavy atom. The first kappa shape index (κ1) is 84.1. The summed E-state index contributed by atoms with van der Waals surface area (Å²) in [4.78, 5) is 13.3. The predicted octanol–water partition coefficient (Wildman–Crippen LogP) is 16.7. The first-order valence-electron chi connectivity index (χ1n) is 38.8. The van der Waals surface area contributed by atoms with E-state index in [1.807, 2.05) is 0 Å². The van der Waals surface area contributed by atoms with Crippen molar-refractivity contribution in [3.05, 3.63) is 0 Å². The van der Waals surface area contributed by atoms with E-state index in [9.17, 15) is 45.6 Å².